The minimum Gasteiger partial charge on any atom is -0.381 e. The number of ether oxygens (including phenoxy) is 1. The standard InChI is InChI=1S/C15H21Cl2NO/c1-10(2)18-15-5-6-19-9-12(15)7-11-3-4-13(16)8-14(11)17/h3-4,8,10,12,15,18H,5-7,9H2,1-2H3/t12-,15+/m0/s1. The van der Waals surface area contributed by atoms with E-state index >= 15 is 0 Å². The number of nitrogens with one attached hydrogen (secondary N) is 1. The van der Waals surface area contributed by atoms with Crippen LogP contribution in [0.2, 0.25) is 10.0 Å². The van der Waals surface area contributed by atoms with Gasteiger partial charge in [-0.25, -0.2) is 0 Å². The fourth-order valence-corrected chi connectivity index (χ4v) is 3.10. The van der Waals surface area contributed by atoms with Gasteiger partial charge >= 0.3 is 0 Å². The van der Waals surface area contributed by atoms with Gasteiger partial charge in [0.05, 0.1) is 6.61 Å². The van der Waals surface area contributed by atoms with E-state index in [1.54, 1.807) is 0 Å². The van der Waals surface area contributed by atoms with E-state index in [9.17, 15) is 0 Å². The van der Waals surface area contributed by atoms with Gasteiger partial charge in [0.25, 0.3) is 0 Å². The first-order valence-electron chi connectivity index (χ1n) is 6.84. The summed E-state index contributed by atoms with van der Waals surface area (Å²) in [6.07, 6.45) is 1.99. The second kappa shape index (κ2) is 6.94. The third-order valence-corrected chi connectivity index (χ3v) is 4.11. The van der Waals surface area contributed by atoms with Crippen LogP contribution in [0.25, 0.3) is 0 Å². The SMILES string of the molecule is CC(C)N[C@@H]1CCOC[C@@H]1Cc1ccc(Cl)cc1Cl. The maximum absolute atomic E-state index is 6.26. The van der Waals surface area contributed by atoms with Crippen LogP contribution >= 0.6 is 23.2 Å². The summed E-state index contributed by atoms with van der Waals surface area (Å²) in [5, 5.41) is 5.07. The van der Waals surface area contributed by atoms with Crippen LogP contribution in [-0.4, -0.2) is 25.3 Å². The van der Waals surface area contributed by atoms with Gasteiger partial charge < -0.3 is 10.1 Å². The van der Waals surface area contributed by atoms with Gasteiger partial charge in [0.2, 0.25) is 0 Å². The Hall–Kier alpha value is -0.280. The van der Waals surface area contributed by atoms with E-state index in [2.05, 4.69) is 19.2 Å². The molecule has 1 aromatic rings. The Balaban J connectivity index is 2.06. The zero-order valence-corrected chi connectivity index (χ0v) is 13.0. The van der Waals surface area contributed by atoms with Crippen molar-refractivity contribution in [3.63, 3.8) is 0 Å². The molecular formula is C15H21Cl2NO. The lowest BCUT2D eigenvalue weighted by atomic mass is 9.89. The molecule has 1 fully saturated rings. The minimum atomic E-state index is 0.467. The Morgan fingerprint density at radius 2 is 2.16 bits per heavy atom. The summed E-state index contributed by atoms with van der Waals surface area (Å²) in [6, 6.07) is 6.72. The third-order valence-electron chi connectivity index (χ3n) is 3.52. The number of hydrogen-bond donors (Lipinski definition) is 1. The highest BCUT2D eigenvalue weighted by atomic mass is 35.5. The fourth-order valence-electron chi connectivity index (χ4n) is 2.62. The summed E-state index contributed by atoms with van der Waals surface area (Å²) in [5.74, 6) is 0.467. The Kier molecular flexibility index (Phi) is 5.52. The number of rotatable bonds is 4. The van der Waals surface area contributed by atoms with Crippen LogP contribution in [0, 0.1) is 5.92 Å². The van der Waals surface area contributed by atoms with E-state index in [-0.39, 0.29) is 0 Å². The largest absolute Gasteiger partial charge is 0.381 e. The van der Waals surface area contributed by atoms with E-state index < -0.39 is 0 Å². The second-order valence-electron chi connectivity index (χ2n) is 5.49. The van der Waals surface area contributed by atoms with Gasteiger partial charge in [-0.15, -0.1) is 0 Å². The first-order valence-corrected chi connectivity index (χ1v) is 7.59. The van der Waals surface area contributed by atoms with Crippen LogP contribution in [0.5, 0.6) is 0 Å². The molecule has 0 aliphatic carbocycles. The number of hydrogen-bond acceptors (Lipinski definition) is 2. The molecule has 0 amide bonds. The van der Waals surface area contributed by atoms with Gasteiger partial charge in [0.15, 0.2) is 0 Å². The Morgan fingerprint density at radius 1 is 1.37 bits per heavy atom. The predicted octanol–water partition coefficient (Wildman–Crippen LogP) is 3.94. The zero-order valence-electron chi connectivity index (χ0n) is 11.5. The number of halogens is 2. The van der Waals surface area contributed by atoms with Gasteiger partial charge in [-0.05, 0) is 30.5 Å². The maximum Gasteiger partial charge on any atom is 0.0512 e. The smallest absolute Gasteiger partial charge is 0.0512 e. The topological polar surface area (TPSA) is 21.3 Å². The summed E-state index contributed by atoms with van der Waals surface area (Å²) in [5.41, 5.74) is 1.15. The van der Waals surface area contributed by atoms with Crippen molar-refractivity contribution in [3.05, 3.63) is 33.8 Å². The molecule has 1 N–H and O–H groups in total. The average molecular weight is 302 g/mol. The van der Waals surface area contributed by atoms with Gasteiger partial charge in [-0.1, -0.05) is 43.1 Å². The van der Waals surface area contributed by atoms with E-state index in [0.29, 0.717) is 23.0 Å². The Bertz CT molecular complexity index is 423. The average Bonchev–Trinajstić information content (AvgIpc) is 2.34. The van der Waals surface area contributed by atoms with Crippen molar-refractivity contribution >= 4 is 23.2 Å². The van der Waals surface area contributed by atoms with Crippen molar-refractivity contribution in [2.45, 2.75) is 38.8 Å². The molecule has 106 valence electrons. The highest BCUT2D eigenvalue weighted by molar-refractivity contribution is 6.35. The first-order chi connectivity index (χ1) is 9.06. The van der Waals surface area contributed by atoms with Crippen LogP contribution in [0.15, 0.2) is 18.2 Å². The molecule has 0 radical (unpaired) electrons. The molecule has 1 heterocycles. The van der Waals surface area contributed by atoms with Gasteiger partial charge in [-0.2, -0.15) is 0 Å². The van der Waals surface area contributed by atoms with Crippen LogP contribution < -0.4 is 5.32 Å². The molecule has 0 spiro atoms. The van der Waals surface area contributed by atoms with Crippen molar-refractivity contribution in [3.8, 4) is 0 Å². The molecule has 19 heavy (non-hydrogen) atoms. The highest BCUT2D eigenvalue weighted by Gasteiger charge is 2.26. The molecule has 0 unspecified atom stereocenters. The summed E-state index contributed by atoms with van der Waals surface area (Å²) in [6.45, 7) is 6.00. The molecule has 1 saturated heterocycles. The molecule has 1 aliphatic rings. The van der Waals surface area contributed by atoms with E-state index in [4.69, 9.17) is 27.9 Å². The Labute approximate surface area is 125 Å². The molecule has 1 aromatic carbocycles. The molecular weight excluding hydrogens is 281 g/mol. The Morgan fingerprint density at radius 3 is 2.84 bits per heavy atom. The monoisotopic (exact) mass is 301 g/mol. The molecule has 4 heteroatoms. The van der Waals surface area contributed by atoms with Crippen LogP contribution in [0.3, 0.4) is 0 Å². The molecule has 0 bridgehead atoms. The van der Waals surface area contributed by atoms with Crippen LogP contribution in [0.1, 0.15) is 25.8 Å². The van der Waals surface area contributed by atoms with E-state index in [0.717, 1.165) is 36.6 Å². The lowest BCUT2D eigenvalue weighted by Gasteiger charge is -2.34. The van der Waals surface area contributed by atoms with Crippen molar-refractivity contribution in [1.82, 2.24) is 5.32 Å². The van der Waals surface area contributed by atoms with Gasteiger partial charge in [0, 0.05) is 34.7 Å². The minimum absolute atomic E-state index is 0.467. The lowest BCUT2D eigenvalue weighted by molar-refractivity contribution is 0.0300. The predicted molar refractivity (Wildman–Crippen MR) is 81.2 cm³/mol. The first kappa shape index (κ1) is 15.1. The summed E-state index contributed by atoms with van der Waals surface area (Å²) >= 11 is 12.2. The van der Waals surface area contributed by atoms with E-state index in [1.165, 1.54) is 0 Å². The fraction of sp³-hybridized carbons (Fsp3) is 0.600. The van der Waals surface area contributed by atoms with Crippen molar-refractivity contribution in [2.75, 3.05) is 13.2 Å². The van der Waals surface area contributed by atoms with E-state index in [1.807, 2.05) is 18.2 Å². The molecule has 2 atom stereocenters. The zero-order chi connectivity index (χ0) is 13.8. The molecule has 0 aromatic heterocycles. The van der Waals surface area contributed by atoms with Crippen molar-refractivity contribution < 1.29 is 4.74 Å². The van der Waals surface area contributed by atoms with Crippen molar-refractivity contribution in [1.29, 1.82) is 0 Å². The van der Waals surface area contributed by atoms with Crippen LogP contribution in [0.4, 0.5) is 0 Å². The van der Waals surface area contributed by atoms with Crippen molar-refractivity contribution in [2.24, 2.45) is 5.92 Å². The summed E-state index contributed by atoms with van der Waals surface area (Å²) in [4.78, 5) is 0. The molecule has 2 rings (SSSR count). The second-order valence-corrected chi connectivity index (χ2v) is 6.34. The lowest BCUT2D eigenvalue weighted by Crippen LogP contribution is -2.46. The summed E-state index contributed by atoms with van der Waals surface area (Å²) in [7, 11) is 0. The maximum atomic E-state index is 6.26. The number of benzene rings is 1. The molecule has 0 saturated carbocycles. The highest BCUT2D eigenvalue weighted by Crippen LogP contribution is 2.26. The van der Waals surface area contributed by atoms with Gasteiger partial charge in [0.1, 0.15) is 0 Å². The van der Waals surface area contributed by atoms with Gasteiger partial charge in [-0.3, -0.25) is 0 Å². The quantitative estimate of drug-likeness (QED) is 0.909. The molecule has 2 nitrogen and oxygen atoms in total. The third kappa shape index (κ3) is 4.35. The normalized spacial score (nSPS) is 23.8. The van der Waals surface area contributed by atoms with Crippen LogP contribution in [-0.2, 0) is 11.2 Å². The molecule has 1 aliphatic heterocycles. The summed E-state index contributed by atoms with van der Waals surface area (Å²) < 4.78 is 5.62.